The molecule has 0 radical (unpaired) electrons. The van der Waals surface area contributed by atoms with E-state index in [1.165, 1.54) is 6.07 Å². The Balaban J connectivity index is 1.22. The van der Waals surface area contributed by atoms with Gasteiger partial charge in [0.1, 0.15) is 17.5 Å². The molecule has 3 fully saturated rings. The largest absolute Gasteiger partial charge is 0.486 e. The van der Waals surface area contributed by atoms with E-state index in [1.807, 2.05) is 34.7 Å². The van der Waals surface area contributed by atoms with Crippen molar-refractivity contribution in [2.75, 3.05) is 44.4 Å². The molecule has 9 nitrogen and oxygen atoms in total. The highest BCUT2D eigenvalue weighted by Gasteiger charge is 2.45. The topological polar surface area (TPSA) is 86.6 Å². The second-order valence-electron chi connectivity index (χ2n) is 11.2. The van der Waals surface area contributed by atoms with Gasteiger partial charge >= 0.3 is 0 Å². The summed E-state index contributed by atoms with van der Waals surface area (Å²) in [5.41, 5.74) is 2.59. The summed E-state index contributed by atoms with van der Waals surface area (Å²) >= 11 is 12.8. The summed E-state index contributed by atoms with van der Waals surface area (Å²) in [7, 11) is 0. The Morgan fingerprint density at radius 2 is 1.95 bits per heavy atom. The lowest BCUT2D eigenvalue weighted by Crippen LogP contribution is -2.74. The summed E-state index contributed by atoms with van der Waals surface area (Å²) in [5.74, 6) is 0.543. The fraction of sp³-hybridized carbons (Fsp3) is 0.433. The number of pyridine rings is 2. The summed E-state index contributed by atoms with van der Waals surface area (Å²) in [6, 6.07) is 7.27. The molecular formula is C30H31Cl2FN6O3. The van der Waals surface area contributed by atoms with E-state index < -0.39 is 11.9 Å². The minimum atomic E-state index is -0.437. The van der Waals surface area contributed by atoms with Crippen molar-refractivity contribution >= 4 is 39.9 Å². The standard InChI is InChI=1S/C30H31Cl2FN6O3/c1-18(27-22(31)13-34-14-23(27)32)42-20-5-6-25-21(11-20)28(37-39(25)26-4-2-3-8-41-26)19-10-24(33)29(35-12-19)38-15-30(16-38)17-40-9-7-36-30/h5-6,10-14,18,26,36H,2-4,7-9,15-17H2,1H3/t18-,26?/m1/s1. The maximum atomic E-state index is 15.6. The predicted octanol–water partition coefficient (Wildman–Crippen LogP) is 5.96. The zero-order valence-corrected chi connectivity index (χ0v) is 24.7. The van der Waals surface area contributed by atoms with Crippen LogP contribution in [0.2, 0.25) is 10.0 Å². The number of nitrogens with zero attached hydrogens (tertiary/aromatic N) is 5. The van der Waals surface area contributed by atoms with Crippen LogP contribution in [0.15, 0.2) is 42.9 Å². The first-order valence-corrected chi connectivity index (χ1v) is 15.0. The van der Waals surface area contributed by atoms with Crippen LogP contribution in [0.5, 0.6) is 5.75 Å². The number of fused-ring (bicyclic) bond motifs is 1. The Morgan fingerprint density at radius 1 is 1.12 bits per heavy atom. The van der Waals surface area contributed by atoms with Crippen LogP contribution in [0.1, 0.15) is 44.1 Å². The average molecular weight is 614 g/mol. The molecule has 3 aliphatic rings. The van der Waals surface area contributed by atoms with Crippen LogP contribution in [-0.4, -0.2) is 64.7 Å². The first-order valence-electron chi connectivity index (χ1n) is 14.2. The maximum absolute atomic E-state index is 15.6. The number of aromatic nitrogens is 4. The van der Waals surface area contributed by atoms with E-state index >= 15 is 4.39 Å². The number of ether oxygens (including phenoxy) is 3. The number of hydrogen-bond acceptors (Lipinski definition) is 8. The number of morpholine rings is 1. The lowest BCUT2D eigenvalue weighted by molar-refractivity contribution is -0.0365. The molecule has 0 bridgehead atoms. The van der Waals surface area contributed by atoms with Crippen LogP contribution in [0, 0.1) is 5.82 Å². The molecular weight excluding hydrogens is 582 g/mol. The number of hydrogen-bond donors (Lipinski definition) is 1. The third kappa shape index (κ3) is 5.09. The molecule has 1 aromatic carbocycles. The molecule has 0 amide bonds. The SMILES string of the molecule is C[C@@H](Oc1ccc2c(c1)c(-c1cnc(N3CC4(COCCN4)C3)c(F)c1)nn2C1CCCCO1)c1c(Cl)cncc1Cl. The van der Waals surface area contributed by atoms with E-state index in [2.05, 4.69) is 15.3 Å². The van der Waals surface area contributed by atoms with Gasteiger partial charge in [-0.2, -0.15) is 5.10 Å². The quantitative estimate of drug-likeness (QED) is 0.285. The second-order valence-corrected chi connectivity index (χ2v) is 12.0. The number of nitrogens with one attached hydrogen (secondary N) is 1. The first kappa shape index (κ1) is 27.8. The van der Waals surface area contributed by atoms with Crippen molar-refractivity contribution in [2.45, 2.75) is 44.1 Å². The van der Waals surface area contributed by atoms with Gasteiger partial charge in [-0.25, -0.2) is 14.1 Å². The molecule has 7 rings (SSSR count). The first-order chi connectivity index (χ1) is 20.4. The Morgan fingerprint density at radius 3 is 2.67 bits per heavy atom. The Labute approximate surface area is 252 Å². The van der Waals surface area contributed by atoms with Crippen LogP contribution in [0.4, 0.5) is 10.2 Å². The number of rotatable bonds is 6. The van der Waals surface area contributed by atoms with Gasteiger partial charge in [-0.05, 0) is 50.5 Å². The smallest absolute Gasteiger partial charge is 0.166 e. The molecule has 3 aromatic heterocycles. The molecule has 3 saturated heterocycles. The monoisotopic (exact) mass is 612 g/mol. The fourth-order valence-corrected chi connectivity index (χ4v) is 6.82. The average Bonchev–Trinajstić information content (AvgIpc) is 3.36. The molecule has 2 atom stereocenters. The van der Waals surface area contributed by atoms with Crippen LogP contribution in [-0.2, 0) is 9.47 Å². The van der Waals surface area contributed by atoms with E-state index in [4.69, 9.17) is 42.5 Å². The fourth-order valence-electron chi connectivity index (χ4n) is 6.15. The Bertz CT molecular complexity index is 1590. The Kier molecular flexibility index (Phi) is 7.44. The predicted molar refractivity (Wildman–Crippen MR) is 159 cm³/mol. The van der Waals surface area contributed by atoms with Gasteiger partial charge in [-0.1, -0.05) is 23.2 Å². The van der Waals surface area contributed by atoms with E-state index in [1.54, 1.807) is 18.6 Å². The summed E-state index contributed by atoms with van der Waals surface area (Å²) in [6.07, 6.45) is 7.07. The summed E-state index contributed by atoms with van der Waals surface area (Å²) in [4.78, 5) is 10.5. The van der Waals surface area contributed by atoms with Crippen molar-refractivity contribution in [1.82, 2.24) is 25.1 Å². The van der Waals surface area contributed by atoms with Crippen molar-refractivity contribution in [2.24, 2.45) is 0 Å². The highest BCUT2D eigenvalue weighted by molar-refractivity contribution is 6.35. The minimum absolute atomic E-state index is 0.127. The number of anilines is 1. The third-order valence-electron chi connectivity index (χ3n) is 8.22. The van der Waals surface area contributed by atoms with Crippen LogP contribution >= 0.6 is 23.2 Å². The van der Waals surface area contributed by atoms with Gasteiger partial charge in [0.2, 0.25) is 0 Å². The van der Waals surface area contributed by atoms with Gasteiger partial charge in [0.15, 0.2) is 17.9 Å². The van der Waals surface area contributed by atoms with Crippen molar-refractivity contribution in [3.8, 4) is 17.0 Å². The second kappa shape index (κ2) is 11.2. The molecule has 1 N–H and O–H groups in total. The van der Waals surface area contributed by atoms with Gasteiger partial charge in [0, 0.05) is 61.3 Å². The lowest BCUT2D eigenvalue weighted by atomic mass is 9.89. The van der Waals surface area contributed by atoms with Gasteiger partial charge < -0.3 is 24.4 Å². The van der Waals surface area contributed by atoms with Crippen molar-refractivity contribution in [1.29, 1.82) is 0 Å². The van der Waals surface area contributed by atoms with E-state index in [9.17, 15) is 0 Å². The van der Waals surface area contributed by atoms with Crippen molar-refractivity contribution < 1.29 is 18.6 Å². The van der Waals surface area contributed by atoms with Crippen molar-refractivity contribution in [3.63, 3.8) is 0 Å². The summed E-state index contributed by atoms with van der Waals surface area (Å²) < 4.78 is 35.5. The molecule has 3 aliphatic heterocycles. The van der Waals surface area contributed by atoms with Gasteiger partial charge in [0.05, 0.1) is 34.3 Å². The number of benzene rings is 1. The molecule has 6 heterocycles. The lowest BCUT2D eigenvalue weighted by Gasteiger charge is -2.52. The highest BCUT2D eigenvalue weighted by atomic mass is 35.5. The van der Waals surface area contributed by atoms with Crippen molar-refractivity contribution in [3.05, 3.63) is 64.3 Å². The third-order valence-corrected chi connectivity index (χ3v) is 8.82. The minimum Gasteiger partial charge on any atom is -0.486 e. The summed E-state index contributed by atoms with van der Waals surface area (Å²) in [6.45, 7) is 5.98. The maximum Gasteiger partial charge on any atom is 0.166 e. The van der Waals surface area contributed by atoms with E-state index in [0.717, 1.165) is 36.7 Å². The molecule has 1 spiro atoms. The van der Waals surface area contributed by atoms with Crippen LogP contribution in [0.3, 0.4) is 0 Å². The van der Waals surface area contributed by atoms with Gasteiger partial charge in [-0.15, -0.1) is 0 Å². The van der Waals surface area contributed by atoms with Gasteiger partial charge in [-0.3, -0.25) is 4.98 Å². The molecule has 4 aromatic rings. The normalized spacial score (nSPS) is 21.0. The molecule has 42 heavy (non-hydrogen) atoms. The molecule has 0 saturated carbocycles. The Hall–Kier alpha value is -3.02. The van der Waals surface area contributed by atoms with E-state index in [-0.39, 0.29) is 11.8 Å². The summed E-state index contributed by atoms with van der Waals surface area (Å²) in [5, 5.41) is 10.1. The highest BCUT2D eigenvalue weighted by Crippen LogP contribution is 2.38. The molecule has 0 aliphatic carbocycles. The zero-order chi connectivity index (χ0) is 28.8. The molecule has 220 valence electrons. The number of halogens is 3. The molecule has 1 unspecified atom stereocenters. The van der Waals surface area contributed by atoms with Crippen LogP contribution in [0.25, 0.3) is 22.2 Å². The van der Waals surface area contributed by atoms with Gasteiger partial charge in [0.25, 0.3) is 0 Å². The molecule has 12 heteroatoms. The van der Waals surface area contributed by atoms with Crippen LogP contribution < -0.4 is 15.0 Å². The zero-order valence-electron chi connectivity index (χ0n) is 23.2. The van der Waals surface area contributed by atoms with E-state index in [0.29, 0.717) is 71.3 Å².